The summed E-state index contributed by atoms with van der Waals surface area (Å²) in [4.78, 5) is 14.6. The molecule has 8 heteroatoms. The highest BCUT2D eigenvalue weighted by Gasteiger charge is 2.23. The molecule has 0 saturated carbocycles. The molecule has 0 unspecified atom stereocenters. The van der Waals surface area contributed by atoms with Gasteiger partial charge in [0, 0.05) is 30.2 Å². The maximum Gasteiger partial charge on any atom is 0.264 e. The van der Waals surface area contributed by atoms with Crippen molar-refractivity contribution in [3.8, 4) is 29.0 Å². The molecule has 0 atom stereocenters. The molecule has 0 N–H and O–H groups in total. The number of nitrogens with zero attached hydrogens (tertiary/aromatic N) is 4. The minimum atomic E-state index is -0.324. The van der Waals surface area contributed by atoms with Gasteiger partial charge in [-0.3, -0.25) is 4.79 Å². The van der Waals surface area contributed by atoms with Crippen LogP contribution in [0, 0.1) is 11.3 Å². The zero-order valence-corrected chi connectivity index (χ0v) is 18.6. The lowest BCUT2D eigenvalue weighted by molar-refractivity contribution is -0.130. The number of amides is 1. The van der Waals surface area contributed by atoms with E-state index in [2.05, 4.69) is 6.07 Å². The maximum atomic E-state index is 13.0. The zero-order valence-electron chi connectivity index (χ0n) is 18.6. The topological polar surface area (TPSA) is 93.5 Å². The fraction of sp³-hybridized carbons (Fsp3) is 0.192. The molecule has 3 heterocycles. The van der Waals surface area contributed by atoms with Crippen LogP contribution in [0.25, 0.3) is 34.2 Å². The van der Waals surface area contributed by atoms with Crippen LogP contribution in [0.15, 0.2) is 70.8 Å². The molecule has 4 aromatic rings. The number of carbonyl (C=O) groups excluding carboxylic acids is 1. The highest BCUT2D eigenvalue weighted by Crippen LogP contribution is 2.35. The van der Waals surface area contributed by atoms with Gasteiger partial charge >= 0.3 is 0 Å². The van der Waals surface area contributed by atoms with Crippen LogP contribution in [0.4, 0.5) is 0 Å². The lowest BCUT2D eigenvalue weighted by Gasteiger charge is -2.26. The van der Waals surface area contributed by atoms with E-state index >= 15 is 0 Å². The Hall–Kier alpha value is -4.35. The van der Waals surface area contributed by atoms with E-state index in [0.717, 1.165) is 11.1 Å². The van der Waals surface area contributed by atoms with Gasteiger partial charge in [-0.1, -0.05) is 30.3 Å². The minimum Gasteiger partial charge on any atom is -0.493 e. The molecule has 1 saturated heterocycles. The highest BCUT2D eigenvalue weighted by molar-refractivity contribution is 6.02. The van der Waals surface area contributed by atoms with Crippen LogP contribution in [0.2, 0.25) is 0 Å². The van der Waals surface area contributed by atoms with Crippen LogP contribution in [-0.4, -0.2) is 54.0 Å². The van der Waals surface area contributed by atoms with Crippen molar-refractivity contribution in [1.82, 2.24) is 14.7 Å². The number of rotatable bonds is 5. The molecule has 1 aliphatic heterocycles. The predicted molar refractivity (Wildman–Crippen MR) is 126 cm³/mol. The lowest BCUT2D eigenvalue weighted by atomic mass is 10.1. The van der Waals surface area contributed by atoms with Gasteiger partial charge < -0.3 is 18.8 Å². The van der Waals surface area contributed by atoms with Gasteiger partial charge in [-0.2, -0.15) is 10.4 Å². The number of carbonyl (C=O) groups is 1. The summed E-state index contributed by atoms with van der Waals surface area (Å²) < 4.78 is 18.6. The molecule has 2 aromatic heterocycles. The van der Waals surface area contributed by atoms with Crippen molar-refractivity contribution in [1.29, 1.82) is 5.26 Å². The Bertz CT molecular complexity index is 1410. The third-order valence-corrected chi connectivity index (χ3v) is 5.67. The quantitative estimate of drug-likeness (QED) is 0.334. The van der Waals surface area contributed by atoms with Crippen molar-refractivity contribution in [2.24, 2.45) is 0 Å². The number of methoxy groups -OCH3 is 1. The Kier molecular flexibility index (Phi) is 5.85. The van der Waals surface area contributed by atoms with E-state index in [1.165, 1.54) is 0 Å². The van der Waals surface area contributed by atoms with Gasteiger partial charge in [0.1, 0.15) is 17.3 Å². The predicted octanol–water partition coefficient (Wildman–Crippen LogP) is 4.06. The van der Waals surface area contributed by atoms with Crippen molar-refractivity contribution in [2.45, 2.75) is 0 Å². The Labute approximate surface area is 196 Å². The molecule has 0 aliphatic carbocycles. The molecule has 2 aromatic carbocycles. The fourth-order valence-corrected chi connectivity index (χ4v) is 3.95. The summed E-state index contributed by atoms with van der Waals surface area (Å²) in [7, 11) is 1.59. The number of ether oxygens (including phenoxy) is 2. The average Bonchev–Trinajstić information content (AvgIpc) is 3.52. The van der Waals surface area contributed by atoms with E-state index in [1.54, 1.807) is 29.0 Å². The molecule has 1 aliphatic rings. The van der Waals surface area contributed by atoms with E-state index in [1.807, 2.05) is 54.6 Å². The zero-order chi connectivity index (χ0) is 23.5. The third kappa shape index (κ3) is 4.05. The van der Waals surface area contributed by atoms with Gasteiger partial charge in [-0.05, 0) is 30.3 Å². The van der Waals surface area contributed by atoms with Crippen LogP contribution in [-0.2, 0) is 9.53 Å². The normalized spacial score (nSPS) is 14.2. The lowest BCUT2D eigenvalue weighted by Crippen LogP contribution is -2.41. The number of nitriles is 1. The molecule has 5 rings (SSSR count). The number of hydrogen-bond donors (Lipinski definition) is 0. The monoisotopic (exact) mass is 454 g/mol. The van der Waals surface area contributed by atoms with E-state index in [0.29, 0.717) is 54.7 Å². The summed E-state index contributed by atoms with van der Waals surface area (Å²) in [5, 5.41) is 15.4. The van der Waals surface area contributed by atoms with Gasteiger partial charge in [0.15, 0.2) is 17.1 Å². The number of fused-ring (bicyclic) bond motifs is 1. The number of furan rings is 1. The minimum absolute atomic E-state index is 0.0319. The second-order valence-corrected chi connectivity index (χ2v) is 7.78. The number of aromatic nitrogens is 2. The summed E-state index contributed by atoms with van der Waals surface area (Å²) in [6.07, 6.45) is 3.36. The van der Waals surface area contributed by atoms with Crippen LogP contribution in [0.3, 0.4) is 0 Å². The molecular weight excluding hydrogens is 432 g/mol. The van der Waals surface area contributed by atoms with Crippen LogP contribution < -0.4 is 4.74 Å². The van der Waals surface area contributed by atoms with Gasteiger partial charge in [0.2, 0.25) is 0 Å². The molecule has 1 fully saturated rings. The van der Waals surface area contributed by atoms with Gasteiger partial charge in [0.25, 0.3) is 5.91 Å². The van der Waals surface area contributed by atoms with E-state index in [4.69, 9.17) is 19.0 Å². The molecule has 170 valence electrons. The summed E-state index contributed by atoms with van der Waals surface area (Å²) >= 11 is 0. The molecule has 0 spiro atoms. The number of morpholine rings is 1. The Morgan fingerprint density at radius 2 is 1.94 bits per heavy atom. The van der Waals surface area contributed by atoms with Crippen molar-refractivity contribution < 1.29 is 18.7 Å². The van der Waals surface area contributed by atoms with Crippen LogP contribution in [0.5, 0.6) is 5.75 Å². The Morgan fingerprint density at radius 1 is 1.15 bits per heavy atom. The van der Waals surface area contributed by atoms with Crippen molar-refractivity contribution in [3.05, 3.63) is 71.9 Å². The first-order valence-electron chi connectivity index (χ1n) is 10.9. The first-order valence-corrected chi connectivity index (χ1v) is 10.9. The third-order valence-electron chi connectivity index (χ3n) is 5.67. The molecule has 0 radical (unpaired) electrons. The largest absolute Gasteiger partial charge is 0.493 e. The second-order valence-electron chi connectivity index (χ2n) is 7.78. The first kappa shape index (κ1) is 21.5. The second kappa shape index (κ2) is 9.25. The summed E-state index contributed by atoms with van der Waals surface area (Å²) in [6.45, 7) is 1.83. The molecule has 34 heavy (non-hydrogen) atoms. The van der Waals surface area contributed by atoms with Crippen LogP contribution in [0.1, 0.15) is 5.56 Å². The van der Waals surface area contributed by atoms with E-state index < -0.39 is 0 Å². The molecule has 1 amide bonds. The summed E-state index contributed by atoms with van der Waals surface area (Å²) in [6, 6.07) is 19.2. The van der Waals surface area contributed by atoms with Crippen molar-refractivity contribution in [2.75, 3.05) is 33.4 Å². The first-order chi connectivity index (χ1) is 16.7. The highest BCUT2D eigenvalue weighted by atomic mass is 16.5. The Morgan fingerprint density at radius 3 is 2.68 bits per heavy atom. The van der Waals surface area contributed by atoms with Gasteiger partial charge in [0.05, 0.1) is 26.0 Å². The van der Waals surface area contributed by atoms with Crippen molar-refractivity contribution >= 4 is 23.0 Å². The maximum absolute atomic E-state index is 13.0. The number of hydrogen-bond acceptors (Lipinski definition) is 6. The SMILES string of the molecule is COc1cccc2cc(-c3nn(-c4ccccc4)cc3C=C(C#N)C(=O)N3CCOCC3)oc12. The van der Waals surface area contributed by atoms with E-state index in [-0.39, 0.29) is 11.5 Å². The smallest absolute Gasteiger partial charge is 0.264 e. The van der Waals surface area contributed by atoms with Gasteiger partial charge in [-0.25, -0.2) is 4.68 Å². The standard InChI is InChI=1S/C26H22N4O4/c1-32-22-9-5-6-18-15-23(34-25(18)22)24-20(17-30(28-24)21-7-3-2-4-8-21)14-19(16-27)26(31)29-10-12-33-13-11-29/h2-9,14-15,17H,10-13H2,1H3. The van der Waals surface area contributed by atoms with Gasteiger partial charge in [-0.15, -0.1) is 0 Å². The average molecular weight is 454 g/mol. The summed E-state index contributed by atoms with van der Waals surface area (Å²) in [5.74, 6) is 0.801. The number of benzene rings is 2. The Balaban J connectivity index is 1.63. The molecular formula is C26H22N4O4. The molecule has 8 nitrogen and oxygen atoms in total. The van der Waals surface area contributed by atoms with Crippen molar-refractivity contribution in [3.63, 3.8) is 0 Å². The fourth-order valence-electron chi connectivity index (χ4n) is 3.95. The van der Waals surface area contributed by atoms with E-state index in [9.17, 15) is 10.1 Å². The van der Waals surface area contributed by atoms with Crippen LogP contribution >= 0.6 is 0 Å². The molecule has 0 bridgehead atoms. The number of para-hydroxylation sites is 2. The summed E-state index contributed by atoms with van der Waals surface area (Å²) in [5.41, 5.74) is 2.60.